The van der Waals surface area contributed by atoms with Crippen LogP contribution in [0.15, 0.2) is 24.3 Å². The van der Waals surface area contributed by atoms with Crippen molar-refractivity contribution in [2.24, 2.45) is 5.41 Å². The van der Waals surface area contributed by atoms with Crippen molar-refractivity contribution in [3.05, 3.63) is 29.8 Å². The molecule has 8 nitrogen and oxygen atoms in total. The van der Waals surface area contributed by atoms with E-state index in [0.29, 0.717) is 12.3 Å². The van der Waals surface area contributed by atoms with Gasteiger partial charge in [-0.1, -0.05) is 19.9 Å². The van der Waals surface area contributed by atoms with Crippen LogP contribution in [0.1, 0.15) is 50.4 Å². The molecule has 1 aromatic carbocycles. The van der Waals surface area contributed by atoms with Crippen molar-refractivity contribution in [3.63, 3.8) is 0 Å². The predicted octanol–water partition coefficient (Wildman–Crippen LogP) is 2.36. The molecule has 1 aromatic rings. The summed E-state index contributed by atoms with van der Waals surface area (Å²) in [6.07, 6.45) is 1.92. The first kappa shape index (κ1) is 20.1. The third-order valence-corrected chi connectivity index (χ3v) is 5.75. The van der Waals surface area contributed by atoms with Crippen LogP contribution >= 0.6 is 0 Å². The fraction of sp³-hybridized carbons (Fsp3) is 0.550. The zero-order valence-electron chi connectivity index (χ0n) is 16.4. The third kappa shape index (κ3) is 3.69. The second-order valence-electron chi connectivity index (χ2n) is 7.99. The molecule has 0 bridgehead atoms. The van der Waals surface area contributed by atoms with Gasteiger partial charge in [-0.15, -0.1) is 0 Å². The van der Waals surface area contributed by atoms with E-state index < -0.39 is 22.8 Å². The average Bonchev–Trinajstić information content (AvgIpc) is 3.44. The molecule has 28 heavy (non-hydrogen) atoms. The standard InChI is InChI=1S/C20H27N3O5/c1-4-28-15-11-20(17(25)26,19(15,2)3)23-16(24)12-6-5-7-14(10-12)22-18(27)21-13-8-9-13/h5-7,10,13,15H,4,8-9,11H2,1-3H3,(H,23,24)(H,25,26)(H2,21,22,27). The van der Waals surface area contributed by atoms with Crippen molar-refractivity contribution in [2.45, 2.75) is 57.7 Å². The number of benzene rings is 1. The number of carbonyl (C=O) groups is 3. The number of ether oxygens (including phenoxy) is 1. The Morgan fingerprint density at radius 2 is 1.96 bits per heavy atom. The molecule has 2 unspecified atom stereocenters. The Morgan fingerprint density at radius 3 is 2.54 bits per heavy atom. The number of hydrogen-bond donors (Lipinski definition) is 4. The fourth-order valence-electron chi connectivity index (χ4n) is 3.62. The summed E-state index contributed by atoms with van der Waals surface area (Å²) in [5.41, 5.74) is -1.42. The van der Waals surface area contributed by atoms with E-state index in [2.05, 4.69) is 16.0 Å². The number of anilines is 1. The smallest absolute Gasteiger partial charge is 0.330 e. The van der Waals surface area contributed by atoms with Crippen molar-refractivity contribution in [2.75, 3.05) is 11.9 Å². The Hall–Kier alpha value is -2.61. The number of nitrogens with one attached hydrogen (secondary N) is 3. The summed E-state index contributed by atoms with van der Waals surface area (Å²) >= 11 is 0. The van der Waals surface area contributed by atoms with Gasteiger partial charge in [0.15, 0.2) is 0 Å². The average molecular weight is 389 g/mol. The number of carboxylic acid groups (broad SMARTS) is 1. The number of rotatable bonds is 7. The molecule has 3 rings (SSSR count). The van der Waals surface area contributed by atoms with Crippen LogP contribution in [-0.2, 0) is 9.53 Å². The summed E-state index contributed by atoms with van der Waals surface area (Å²) in [7, 11) is 0. The van der Waals surface area contributed by atoms with Crippen molar-refractivity contribution >= 4 is 23.6 Å². The molecule has 0 saturated heterocycles. The molecule has 2 atom stereocenters. The summed E-state index contributed by atoms with van der Waals surface area (Å²) in [4.78, 5) is 36.7. The monoisotopic (exact) mass is 389 g/mol. The van der Waals surface area contributed by atoms with Gasteiger partial charge in [-0.25, -0.2) is 9.59 Å². The van der Waals surface area contributed by atoms with Gasteiger partial charge in [-0.05, 0) is 38.0 Å². The summed E-state index contributed by atoms with van der Waals surface area (Å²) in [5.74, 6) is -1.59. The van der Waals surface area contributed by atoms with Crippen LogP contribution in [-0.4, -0.2) is 47.3 Å². The molecule has 8 heteroatoms. The van der Waals surface area contributed by atoms with Gasteiger partial charge >= 0.3 is 12.0 Å². The molecule has 3 amide bonds. The van der Waals surface area contributed by atoms with Gasteiger partial charge in [0.05, 0.1) is 6.10 Å². The lowest BCUT2D eigenvalue weighted by Gasteiger charge is -2.58. The number of amides is 3. The Morgan fingerprint density at radius 1 is 1.25 bits per heavy atom. The number of carboxylic acids is 1. The van der Waals surface area contributed by atoms with Gasteiger partial charge < -0.3 is 25.8 Å². The predicted molar refractivity (Wildman–Crippen MR) is 103 cm³/mol. The molecule has 2 aliphatic carbocycles. The van der Waals surface area contributed by atoms with Gasteiger partial charge in [-0.3, -0.25) is 4.79 Å². The maximum atomic E-state index is 12.8. The van der Waals surface area contributed by atoms with Gasteiger partial charge in [0, 0.05) is 35.7 Å². The molecule has 0 spiro atoms. The molecule has 0 aromatic heterocycles. The van der Waals surface area contributed by atoms with Crippen LogP contribution in [0.3, 0.4) is 0 Å². The molecule has 2 fully saturated rings. The van der Waals surface area contributed by atoms with E-state index in [1.54, 1.807) is 32.0 Å². The molecule has 0 heterocycles. The van der Waals surface area contributed by atoms with Crippen LogP contribution in [0.25, 0.3) is 0 Å². The molecular weight excluding hydrogens is 362 g/mol. The number of aliphatic carboxylic acids is 1. The van der Waals surface area contributed by atoms with Crippen LogP contribution < -0.4 is 16.0 Å². The van der Waals surface area contributed by atoms with Crippen LogP contribution in [0.2, 0.25) is 0 Å². The van der Waals surface area contributed by atoms with E-state index in [-0.39, 0.29) is 30.2 Å². The Labute approximate surface area is 164 Å². The largest absolute Gasteiger partial charge is 0.479 e. The summed E-state index contributed by atoms with van der Waals surface area (Å²) in [6.45, 7) is 5.90. The van der Waals surface area contributed by atoms with Crippen molar-refractivity contribution in [1.29, 1.82) is 0 Å². The molecular formula is C20H27N3O5. The van der Waals surface area contributed by atoms with Crippen LogP contribution in [0.5, 0.6) is 0 Å². The summed E-state index contributed by atoms with van der Waals surface area (Å²) in [6, 6.07) is 6.34. The second-order valence-corrected chi connectivity index (χ2v) is 7.99. The highest BCUT2D eigenvalue weighted by atomic mass is 16.5. The van der Waals surface area contributed by atoms with E-state index in [0.717, 1.165) is 12.8 Å². The van der Waals surface area contributed by atoms with E-state index in [1.165, 1.54) is 6.07 Å². The maximum absolute atomic E-state index is 12.8. The highest BCUT2D eigenvalue weighted by Gasteiger charge is 2.66. The molecule has 4 N–H and O–H groups in total. The Bertz CT molecular complexity index is 790. The zero-order valence-corrected chi connectivity index (χ0v) is 16.4. The van der Waals surface area contributed by atoms with Crippen molar-refractivity contribution < 1.29 is 24.2 Å². The normalized spacial score (nSPS) is 25.3. The number of carbonyl (C=O) groups excluding carboxylic acids is 2. The minimum atomic E-state index is -1.41. The lowest BCUT2D eigenvalue weighted by molar-refractivity contribution is -0.190. The first-order valence-electron chi connectivity index (χ1n) is 9.54. The fourth-order valence-corrected chi connectivity index (χ4v) is 3.62. The molecule has 2 aliphatic rings. The molecule has 0 radical (unpaired) electrons. The summed E-state index contributed by atoms with van der Waals surface area (Å²) < 4.78 is 5.62. The van der Waals surface area contributed by atoms with Gasteiger partial charge in [0.2, 0.25) is 0 Å². The molecule has 0 aliphatic heterocycles. The van der Waals surface area contributed by atoms with Gasteiger partial charge in [-0.2, -0.15) is 0 Å². The van der Waals surface area contributed by atoms with Crippen LogP contribution in [0, 0.1) is 5.41 Å². The Balaban J connectivity index is 1.71. The van der Waals surface area contributed by atoms with E-state index in [4.69, 9.17) is 4.74 Å². The molecule has 2 saturated carbocycles. The maximum Gasteiger partial charge on any atom is 0.330 e. The number of urea groups is 1. The summed E-state index contributed by atoms with van der Waals surface area (Å²) in [5, 5.41) is 18.0. The SMILES string of the molecule is CCOC1CC(NC(=O)c2cccc(NC(=O)NC3CC3)c2)(C(=O)O)C1(C)C. The zero-order chi connectivity index (χ0) is 20.5. The van der Waals surface area contributed by atoms with Gasteiger partial charge in [0.25, 0.3) is 5.91 Å². The minimum absolute atomic E-state index is 0.205. The van der Waals surface area contributed by atoms with Gasteiger partial charge in [0.1, 0.15) is 5.54 Å². The third-order valence-electron chi connectivity index (χ3n) is 5.75. The lowest BCUT2D eigenvalue weighted by atomic mass is 9.54. The molecule has 152 valence electrons. The second kappa shape index (κ2) is 7.43. The van der Waals surface area contributed by atoms with E-state index >= 15 is 0 Å². The topological polar surface area (TPSA) is 117 Å². The highest BCUT2D eigenvalue weighted by Crippen LogP contribution is 2.51. The first-order chi connectivity index (χ1) is 13.2. The van der Waals surface area contributed by atoms with E-state index in [1.807, 2.05) is 6.92 Å². The minimum Gasteiger partial charge on any atom is -0.479 e. The lowest BCUT2D eigenvalue weighted by Crippen LogP contribution is -2.76. The van der Waals surface area contributed by atoms with Crippen LogP contribution in [0.4, 0.5) is 10.5 Å². The van der Waals surface area contributed by atoms with Crippen molar-refractivity contribution in [1.82, 2.24) is 10.6 Å². The van der Waals surface area contributed by atoms with E-state index in [9.17, 15) is 19.5 Å². The Kier molecular flexibility index (Phi) is 5.34. The number of hydrogen-bond acceptors (Lipinski definition) is 4. The van der Waals surface area contributed by atoms with Crippen molar-refractivity contribution in [3.8, 4) is 0 Å². The highest BCUT2D eigenvalue weighted by molar-refractivity contribution is 6.00. The first-order valence-corrected chi connectivity index (χ1v) is 9.54. The quantitative estimate of drug-likeness (QED) is 0.571.